The van der Waals surface area contributed by atoms with Crippen LogP contribution in [0.1, 0.15) is 12.8 Å². The number of rotatable bonds is 4. The number of halogens is 1. The molecule has 6 heteroatoms. The number of piperidine rings is 1. The molecule has 2 N–H and O–H groups in total. The van der Waals surface area contributed by atoms with Gasteiger partial charge < -0.3 is 10.2 Å². The molecule has 2 aromatic rings. The van der Waals surface area contributed by atoms with Gasteiger partial charge in [0.25, 0.3) is 0 Å². The molecular weight excluding hydrogens is 269 g/mol. The van der Waals surface area contributed by atoms with E-state index in [1.807, 2.05) is 7.05 Å². The van der Waals surface area contributed by atoms with Gasteiger partial charge in [-0.1, -0.05) is 12.1 Å². The lowest BCUT2D eigenvalue weighted by molar-refractivity contribution is 0.391. The summed E-state index contributed by atoms with van der Waals surface area (Å²) in [5, 5.41) is 10.3. The van der Waals surface area contributed by atoms with Crippen LogP contribution >= 0.6 is 0 Å². The maximum Gasteiger partial charge on any atom is 0.245 e. The second kappa shape index (κ2) is 6.22. The van der Waals surface area contributed by atoms with Crippen molar-refractivity contribution in [2.75, 3.05) is 31.6 Å². The summed E-state index contributed by atoms with van der Waals surface area (Å²) < 4.78 is 13.8. The summed E-state index contributed by atoms with van der Waals surface area (Å²) in [6, 6.07) is 6.60. The van der Waals surface area contributed by atoms with E-state index in [2.05, 4.69) is 25.4 Å². The average Bonchev–Trinajstić information content (AvgIpc) is 2.98. The minimum Gasteiger partial charge on any atom is -0.340 e. The molecule has 2 heterocycles. The smallest absolute Gasteiger partial charge is 0.245 e. The fourth-order valence-corrected chi connectivity index (χ4v) is 2.79. The number of H-pyrrole nitrogens is 1. The summed E-state index contributed by atoms with van der Waals surface area (Å²) in [5.41, 5.74) is 0.460. The highest BCUT2D eigenvalue weighted by atomic mass is 19.1. The Labute approximate surface area is 123 Å². The third-order valence-electron chi connectivity index (χ3n) is 3.99. The van der Waals surface area contributed by atoms with Gasteiger partial charge in [0.2, 0.25) is 5.95 Å². The van der Waals surface area contributed by atoms with Crippen molar-refractivity contribution in [1.82, 2.24) is 20.5 Å². The van der Waals surface area contributed by atoms with Crippen molar-refractivity contribution in [3.05, 3.63) is 30.1 Å². The highest BCUT2D eigenvalue weighted by Crippen LogP contribution is 2.23. The summed E-state index contributed by atoms with van der Waals surface area (Å²) in [4.78, 5) is 6.60. The van der Waals surface area contributed by atoms with E-state index in [0.29, 0.717) is 17.3 Å². The predicted molar refractivity (Wildman–Crippen MR) is 80.6 cm³/mol. The van der Waals surface area contributed by atoms with Gasteiger partial charge in [0.15, 0.2) is 5.82 Å². The molecule has 0 atom stereocenters. The number of hydrogen-bond acceptors (Lipinski definition) is 4. The van der Waals surface area contributed by atoms with E-state index in [0.717, 1.165) is 38.4 Å². The predicted octanol–water partition coefficient (Wildman–Crippen LogP) is 2.05. The van der Waals surface area contributed by atoms with Crippen LogP contribution in [0, 0.1) is 11.7 Å². The number of aromatic nitrogens is 3. The minimum atomic E-state index is -0.284. The summed E-state index contributed by atoms with van der Waals surface area (Å²) in [5.74, 6) is 1.58. The molecule has 0 saturated carbocycles. The first-order valence-corrected chi connectivity index (χ1v) is 7.35. The van der Waals surface area contributed by atoms with Crippen LogP contribution in [-0.4, -0.2) is 41.9 Å². The van der Waals surface area contributed by atoms with Crippen molar-refractivity contribution < 1.29 is 4.39 Å². The first kappa shape index (κ1) is 14.0. The number of anilines is 1. The molecule has 0 unspecified atom stereocenters. The zero-order valence-corrected chi connectivity index (χ0v) is 12.1. The van der Waals surface area contributed by atoms with Crippen LogP contribution in [0.15, 0.2) is 24.3 Å². The van der Waals surface area contributed by atoms with Crippen LogP contribution in [-0.2, 0) is 0 Å². The molecule has 0 amide bonds. The zero-order valence-electron chi connectivity index (χ0n) is 12.1. The molecule has 1 fully saturated rings. The van der Waals surface area contributed by atoms with Crippen LogP contribution in [0.3, 0.4) is 0 Å². The fraction of sp³-hybridized carbons (Fsp3) is 0.467. The molecule has 1 aromatic carbocycles. The van der Waals surface area contributed by atoms with Crippen LogP contribution in [0.4, 0.5) is 10.3 Å². The van der Waals surface area contributed by atoms with Crippen LogP contribution in [0.2, 0.25) is 0 Å². The van der Waals surface area contributed by atoms with Crippen molar-refractivity contribution in [3.63, 3.8) is 0 Å². The fourth-order valence-electron chi connectivity index (χ4n) is 2.79. The molecule has 5 nitrogen and oxygen atoms in total. The topological polar surface area (TPSA) is 56.8 Å². The third kappa shape index (κ3) is 3.05. The van der Waals surface area contributed by atoms with E-state index in [1.165, 1.54) is 6.07 Å². The Morgan fingerprint density at radius 2 is 2.10 bits per heavy atom. The Balaban J connectivity index is 1.70. The number of aromatic amines is 1. The first-order valence-electron chi connectivity index (χ1n) is 7.35. The van der Waals surface area contributed by atoms with Gasteiger partial charge >= 0.3 is 0 Å². The number of hydrogen-bond donors (Lipinski definition) is 2. The zero-order chi connectivity index (χ0) is 14.7. The summed E-state index contributed by atoms with van der Waals surface area (Å²) in [6.07, 6.45) is 2.26. The highest BCUT2D eigenvalue weighted by molar-refractivity contribution is 5.57. The van der Waals surface area contributed by atoms with Gasteiger partial charge in [-0.2, -0.15) is 4.98 Å². The summed E-state index contributed by atoms with van der Waals surface area (Å²) in [7, 11) is 1.99. The molecule has 0 radical (unpaired) electrons. The second-order valence-corrected chi connectivity index (χ2v) is 5.45. The Morgan fingerprint density at radius 3 is 2.81 bits per heavy atom. The normalized spacial score (nSPS) is 16.4. The molecule has 0 spiro atoms. The molecular formula is C15H20FN5. The molecule has 0 bridgehead atoms. The van der Waals surface area contributed by atoms with Crippen molar-refractivity contribution in [2.24, 2.45) is 5.92 Å². The first-order chi connectivity index (χ1) is 10.3. The Kier molecular flexibility index (Phi) is 4.15. The number of benzene rings is 1. The van der Waals surface area contributed by atoms with Gasteiger partial charge in [-0.3, -0.25) is 5.10 Å². The molecule has 1 aromatic heterocycles. The van der Waals surface area contributed by atoms with E-state index >= 15 is 0 Å². The summed E-state index contributed by atoms with van der Waals surface area (Å²) >= 11 is 0. The van der Waals surface area contributed by atoms with Crippen molar-refractivity contribution in [3.8, 4) is 11.4 Å². The van der Waals surface area contributed by atoms with Crippen LogP contribution in [0.25, 0.3) is 11.4 Å². The lowest BCUT2D eigenvalue weighted by Gasteiger charge is -2.30. The monoisotopic (exact) mass is 289 g/mol. The Morgan fingerprint density at radius 1 is 1.33 bits per heavy atom. The minimum absolute atomic E-state index is 0.284. The van der Waals surface area contributed by atoms with Gasteiger partial charge in [0.1, 0.15) is 5.82 Å². The van der Waals surface area contributed by atoms with Crippen LogP contribution in [0.5, 0.6) is 0 Å². The number of nitrogens with zero attached hydrogens (tertiary/aromatic N) is 3. The standard InChI is InChI=1S/C15H20FN5/c1-17-10-11-6-8-21(9-7-11)15-18-14(19-20-15)12-4-2-3-5-13(12)16/h2-5,11,17H,6-10H2,1H3,(H,18,19,20). The molecule has 21 heavy (non-hydrogen) atoms. The van der Waals surface area contributed by atoms with Crippen LogP contribution < -0.4 is 10.2 Å². The molecule has 1 saturated heterocycles. The van der Waals surface area contributed by atoms with Gasteiger partial charge in [-0.25, -0.2) is 4.39 Å². The SMILES string of the molecule is CNCC1CCN(c2n[nH]c(-c3ccccc3F)n2)CC1. The second-order valence-electron chi connectivity index (χ2n) is 5.45. The average molecular weight is 289 g/mol. The van der Waals surface area contributed by atoms with E-state index < -0.39 is 0 Å². The molecule has 1 aliphatic heterocycles. The van der Waals surface area contributed by atoms with E-state index in [-0.39, 0.29) is 5.82 Å². The highest BCUT2D eigenvalue weighted by Gasteiger charge is 2.22. The maximum absolute atomic E-state index is 13.8. The van der Waals surface area contributed by atoms with Crippen molar-refractivity contribution >= 4 is 5.95 Å². The summed E-state index contributed by atoms with van der Waals surface area (Å²) in [6.45, 7) is 2.95. The lowest BCUT2D eigenvalue weighted by Crippen LogP contribution is -2.37. The van der Waals surface area contributed by atoms with Gasteiger partial charge in [-0.15, -0.1) is 5.10 Å². The molecule has 112 valence electrons. The molecule has 0 aliphatic carbocycles. The van der Waals surface area contributed by atoms with E-state index in [1.54, 1.807) is 18.2 Å². The van der Waals surface area contributed by atoms with Gasteiger partial charge in [0.05, 0.1) is 5.56 Å². The van der Waals surface area contributed by atoms with Crippen molar-refractivity contribution in [1.29, 1.82) is 0 Å². The quantitative estimate of drug-likeness (QED) is 0.904. The Hall–Kier alpha value is -1.95. The van der Waals surface area contributed by atoms with Crippen molar-refractivity contribution in [2.45, 2.75) is 12.8 Å². The molecule has 3 rings (SSSR count). The Bertz CT molecular complexity index is 589. The van der Waals surface area contributed by atoms with E-state index in [4.69, 9.17) is 0 Å². The third-order valence-corrected chi connectivity index (χ3v) is 3.99. The van der Waals surface area contributed by atoms with Gasteiger partial charge in [0, 0.05) is 13.1 Å². The van der Waals surface area contributed by atoms with Gasteiger partial charge in [-0.05, 0) is 44.5 Å². The van der Waals surface area contributed by atoms with E-state index in [9.17, 15) is 4.39 Å². The largest absolute Gasteiger partial charge is 0.340 e. The maximum atomic E-state index is 13.8. The number of nitrogens with one attached hydrogen (secondary N) is 2. The molecule has 1 aliphatic rings. The lowest BCUT2D eigenvalue weighted by atomic mass is 9.97.